The molecule has 3 aromatic carbocycles. The number of nitro benzene ring substituents is 1. The van der Waals surface area contributed by atoms with E-state index in [2.05, 4.69) is 20.9 Å². The molecule has 174 valence electrons. The highest BCUT2D eigenvalue weighted by Crippen LogP contribution is 2.28. The molecule has 0 bridgehead atoms. The number of esters is 2. The summed E-state index contributed by atoms with van der Waals surface area (Å²) in [4.78, 5) is 39.3. The number of nitro groups is 1. The first-order valence-corrected chi connectivity index (χ1v) is 11.2. The third-order valence-corrected chi connectivity index (χ3v) is 5.45. The maximum atomic E-state index is 12.4. The zero-order valence-electron chi connectivity index (χ0n) is 17.7. The van der Waals surface area contributed by atoms with Crippen molar-refractivity contribution in [2.24, 2.45) is 4.99 Å². The van der Waals surface area contributed by atoms with Crippen LogP contribution in [0.3, 0.4) is 0 Å². The lowest BCUT2D eigenvalue weighted by Gasteiger charge is -2.06. The van der Waals surface area contributed by atoms with Crippen LogP contribution in [0, 0.1) is 10.1 Å². The van der Waals surface area contributed by atoms with Gasteiger partial charge in [0.1, 0.15) is 5.75 Å². The van der Waals surface area contributed by atoms with Crippen LogP contribution in [0.5, 0.6) is 5.75 Å². The van der Waals surface area contributed by atoms with E-state index in [4.69, 9.17) is 21.1 Å². The number of halogens is 2. The zero-order chi connectivity index (χ0) is 24.9. The van der Waals surface area contributed by atoms with Crippen molar-refractivity contribution in [1.29, 1.82) is 0 Å². The SMILES string of the molecule is O=C(/C=C/c1ccc(Cl)cc1)Oc1ccc(Br)cc1/C=C1\N=C(c2ccc([N+](=O)[O-])cc2)OC1=O. The fraction of sp³-hybridized carbons (Fsp3) is 0. The Balaban J connectivity index is 1.56. The molecule has 1 aliphatic heterocycles. The van der Waals surface area contributed by atoms with E-state index in [1.807, 2.05) is 0 Å². The lowest BCUT2D eigenvalue weighted by atomic mass is 10.1. The number of non-ortho nitro benzene ring substituents is 1. The van der Waals surface area contributed by atoms with Gasteiger partial charge in [0, 0.05) is 38.8 Å². The summed E-state index contributed by atoms with van der Waals surface area (Å²) in [5.74, 6) is -1.11. The van der Waals surface area contributed by atoms with Crippen molar-refractivity contribution in [3.8, 4) is 5.75 Å². The molecule has 0 atom stereocenters. The minimum atomic E-state index is -0.710. The van der Waals surface area contributed by atoms with Gasteiger partial charge in [0.05, 0.1) is 4.92 Å². The summed E-state index contributed by atoms with van der Waals surface area (Å²) in [5, 5.41) is 11.4. The van der Waals surface area contributed by atoms with Crippen LogP contribution in [-0.2, 0) is 14.3 Å². The first-order valence-electron chi connectivity index (χ1n) is 10.0. The topological polar surface area (TPSA) is 108 Å². The average molecular weight is 554 g/mol. The molecule has 1 aliphatic rings. The Morgan fingerprint density at radius 3 is 2.49 bits per heavy atom. The summed E-state index contributed by atoms with van der Waals surface area (Å²) >= 11 is 9.22. The molecule has 0 amide bonds. The molecule has 0 saturated carbocycles. The highest BCUT2D eigenvalue weighted by Gasteiger charge is 2.25. The highest BCUT2D eigenvalue weighted by molar-refractivity contribution is 9.10. The normalized spacial score (nSPS) is 14.2. The van der Waals surface area contributed by atoms with Crippen molar-refractivity contribution in [1.82, 2.24) is 0 Å². The van der Waals surface area contributed by atoms with Gasteiger partial charge in [-0.1, -0.05) is 39.7 Å². The molecule has 0 N–H and O–H groups in total. The lowest BCUT2D eigenvalue weighted by Crippen LogP contribution is -2.06. The van der Waals surface area contributed by atoms with Gasteiger partial charge < -0.3 is 9.47 Å². The molecule has 0 fully saturated rings. The smallest absolute Gasteiger partial charge is 0.363 e. The number of hydrogen-bond acceptors (Lipinski definition) is 7. The Labute approximate surface area is 212 Å². The van der Waals surface area contributed by atoms with Crippen LogP contribution < -0.4 is 4.74 Å². The fourth-order valence-electron chi connectivity index (χ4n) is 3.01. The standard InChI is InChI=1S/C25H14BrClN2O6/c26-18-6-11-22(34-23(30)12-3-15-1-7-19(27)8-2-15)17(13-18)14-21-25(31)35-24(28-21)16-4-9-20(10-5-16)29(32)33/h1-14H/b12-3+,21-14-. The van der Waals surface area contributed by atoms with Gasteiger partial charge in [0.15, 0.2) is 5.70 Å². The molecule has 8 nitrogen and oxygen atoms in total. The monoisotopic (exact) mass is 552 g/mol. The Morgan fingerprint density at radius 1 is 1.09 bits per heavy atom. The van der Waals surface area contributed by atoms with Gasteiger partial charge in [-0.25, -0.2) is 14.6 Å². The molecule has 0 unspecified atom stereocenters. The van der Waals surface area contributed by atoms with Crippen LogP contribution in [0.1, 0.15) is 16.7 Å². The second kappa shape index (κ2) is 10.5. The van der Waals surface area contributed by atoms with Gasteiger partial charge in [-0.2, -0.15) is 0 Å². The zero-order valence-corrected chi connectivity index (χ0v) is 20.0. The Bertz CT molecular complexity index is 1410. The van der Waals surface area contributed by atoms with Crippen molar-refractivity contribution in [2.45, 2.75) is 0 Å². The van der Waals surface area contributed by atoms with Crippen molar-refractivity contribution < 1.29 is 24.0 Å². The number of benzene rings is 3. The lowest BCUT2D eigenvalue weighted by molar-refractivity contribution is -0.384. The molecular formula is C25H14BrClN2O6. The van der Waals surface area contributed by atoms with E-state index in [0.717, 1.165) is 5.56 Å². The number of rotatable bonds is 6. The van der Waals surface area contributed by atoms with Gasteiger partial charge in [-0.3, -0.25) is 10.1 Å². The summed E-state index contributed by atoms with van der Waals surface area (Å²) in [6.45, 7) is 0. The number of carbonyl (C=O) groups excluding carboxylic acids is 2. The van der Waals surface area contributed by atoms with Crippen molar-refractivity contribution in [2.75, 3.05) is 0 Å². The Hall–Kier alpha value is -4.08. The highest BCUT2D eigenvalue weighted by atomic mass is 79.9. The predicted octanol–water partition coefficient (Wildman–Crippen LogP) is 5.97. The molecule has 35 heavy (non-hydrogen) atoms. The minimum absolute atomic E-state index is 0.00980. The molecule has 4 rings (SSSR count). The first-order chi connectivity index (χ1) is 16.8. The van der Waals surface area contributed by atoms with Crippen LogP contribution in [0.15, 0.2) is 88.0 Å². The van der Waals surface area contributed by atoms with E-state index >= 15 is 0 Å². The van der Waals surface area contributed by atoms with Crippen molar-refractivity contribution >= 4 is 63.2 Å². The maximum Gasteiger partial charge on any atom is 0.363 e. The van der Waals surface area contributed by atoms with Crippen LogP contribution >= 0.6 is 27.5 Å². The van der Waals surface area contributed by atoms with Crippen LogP contribution in [0.4, 0.5) is 5.69 Å². The van der Waals surface area contributed by atoms with Gasteiger partial charge in [-0.05, 0) is 60.2 Å². The summed E-state index contributed by atoms with van der Waals surface area (Å²) in [6.07, 6.45) is 4.29. The van der Waals surface area contributed by atoms with Gasteiger partial charge >= 0.3 is 11.9 Å². The molecule has 0 saturated heterocycles. The number of carbonyl (C=O) groups is 2. The molecular weight excluding hydrogens is 540 g/mol. The maximum absolute atomic E-state index is 12.4. The predicted molar refractivity (Wildman–Crippen MR) is 134 cm³/mol. The van der Waals surface area contributed by atoms with E-state index in [1.165, 1.54) is 36.4 Å². The molecule has 0 aliphatic carbocycles. The summed E-state index contributed by atoms with van der Waals surface area (Å²) < 4.78 is 11.4. The van der Waals surface area contributed by atoms with E-state index in [-0.39, 0.29) is 23.0 Å². The van der Waals surface area contributed by atoms with E-state index < -0.39 is 16.9 Å². The number of hydrogen-bond donors (Lipinski definition) is 0. The van der Waals surface area contributed by atoms with Crippen molar-refractivity contribution in [3.63, 3.8) is 0 Å². The quantitative estimate of drug-likeness (QED) is 0.122. The number of ether oxygens (including phenoxy) is 2. The molecule has 3 aromatic rings. The van der Waals surface area contributed by atoms with Gasteiger partial charge in [0.25, 0.3) is 5.69 Å². The third-order valence-electron chi connectivity index (χ3n) is 4.70. The Morgan fingerprint density at radius 2 is 1.80 bits per heavy atom. The number of nitrogens with zero attached hydrogens (tertiary/aromatic N) is 2. The Kier molecular flexibility index (Phi) is 7.19. The average Bonchev–Trinajstić information content (AvgIpc) is 3.20. The minimum Gasteiger partial charge on any atom is -0.423 e. The largest absolute Gasteiger partial charge is 0.423 e. The van der Waals surface area contributed by atoms with E-state index in [0.29, 0.717) is 20.6 Å². The first kappa shape index (κ1) is 24.1. The molecule has 0 radical (unpaired) electrons. The number of aliphatic imine (C=N–C) groups is 1. The third kappa shape index (κ3) is 6.08. The summed E-state index contributed by atoms with van der Waals surface area (Å²) in [7, 11) is 0. The second-order valence-electron chi connectivity index (χ2n) is 7.13. The van der Waals surface area contributed by atoms with Gasteiger partial charge in [-0.15, -0.1) is 0 Å². The fourth-order valence-corrected chi connectivity index (χ4v) is 3.52. The molecule has 0 aromatic heterocycles. The second-order valence-corrected chi connectivity index (χ2v) is 8.48. The van der Waals surface area contributed by atoms with Crippen LogP contribution in [-0.4, -0.2) is 22.8 Å². The number of cyclic esters (lactones) is 1. The van der Waals surface area contributed by atoms with Gasteiger partial charge in [0.2, 0.25) is 5.90 Å². The van der Waals surface area contributed by atoms with E-state index in [9.17, 15) is 19.7 Å². The summed E-state index contributed by atoms with van der Waals surface area (Å²) in [6, 6.07) is 17.3. The molecule has 0 spiro atoms. The summed E-state index contributed by atoms with van der Waals surface area (Å²) in [5.41, 5.74) is 1.46. The molecule has 10 heteroatoms. The van der Waals surface area contributed by atoms with E-state index in [1.54, 1.807) is 48.5 Å². The van der Waals surface area contributed by atoms with Crippen LogP contribution in [0.2, 0.25) is 5.02 Å². The van der Waals surface area contributed by atoms with Crippen molar-refractivity contribution in [3.05, 3.63) is 115 Å². The van der Waals surface area contributed by atoms with Crippen LogP contribution in [0.25, 0.3) is 12.2 Å². The molecule has 1 heterocycles.